The first-order valence-electron chi connectivity index (χ1n) is 3.21. The van der Waals surface area contributed by atoms with Crippen molar-refractivity contribution in [2.45, 2.75) is 12.6 Å². The van der Waals surface area contributed by atoms with Crippen LogP contribution in [0.5, 0.6) is 0 Å². The summed E-state index contributed by atoms with van der Waals surface area (Å²) in [5.41, 5.74) is 4.29. The molecule has 1 atom stereocenters. The van der Waals surface area contributed by atoms with E-state index in [4.69, 9.17) is 5.73 Å². The van der Waals surface area contributed by atoms with Crippen LogP contribution in [0.2, 0.25) is 0 Å². The molecule has 0 fully saturated rings. The molecule has 0 radical (unpaired) electrons. The number of rotatable bonds is 1. The lowest BCUT2D eigenvalue weighted by molar-refractivity contribution is -0.121. The lowest BCUT2D eigenvalue weighted by Gasteiger charge is -2.30. The van der Waals surface area contributed by atoms with Gasteiger partial charge in [-0.05, 0) is 29.5 Å². The average Bonchev–Trinajstić information content (AvgIpc) is 1.97. The molecule has 6 heteroatoms. The smallest absolute Gasteiger partial charge is 0.314 e. The molecule has 4 N–H and O–H groups in total. The zero-order valence-corrected chi connectivity index (χ0v) is 8.51. The Bertz CT molecular complexity index is 276. The molecule has 1 unspecified atom stereocenters. The Labute approximate surface area is 82.9 Å². The molecule has 0 aliphatic carbocycles. The van der Waals surface area contributed by atoms with Crippen LogP contribution in [0.1, 0.15) is 6.92 Å². The number of urea groups is 1. The quantitative estimate of drug-likeness (QED) is 0.583. The molecular formula is C6H8IN3O2. The summed E-state index contributed by atoms with van der Waals surface area (Å²) >= 11 is 1.90. The van der Waals surface area contributed by atoms with Crippen LogP contribution in [0, 0.1) is 0 Å². The summed E-state index contributed by atoms with van der Waals surface area (Å²) in [6.45, 7) is 1.33. The molecule has 0 aromatic heterocycles. The standard InChI is InChI=1S/C6H8IN3O2/c1-3(11)6(8)4(7)2-9-5(12)10-6/h2H,8H2,1H3,(H2,9,10,12). The second kappa shape index (κ2) is 3.02. The highest BCUT2D eigenvalue weighted by molar-refractivity contribution is 14.1. The summed E-state index contributed by atoms with van der Waals surface area (Å²) < 4.78 is 0.562. The normalized spacial score (nSPS) is 28.6. The highest BCUT2D eigenvalue weighted by Crippen LogP contribution is 2.20. The van der Waals surface area contributed by atoms with Crippen molar-refractivity contribution < 1.29 is 9.59 Å². The first-order chi connectivity index (χ1) is 5.47. The highest BCUT2D eigenvalue weighted by atomic mass is 127. The minimum absolute atomic E-state index is 0.294. The maximum atomic E-state index is 11.1. The average molecular weight is 281 g/mol. The van der Waals surface area contributed by atoms with Gasteiger partial charge >= 0.3 is 6.03 Å². The van der Waals surface area contributed by atoms with Crippen molar-refractivity contribution in [3.63, 3.8) is 0 Å². The lowest BCUT2D eigenvalue weighted by atomic mass is 10.1. The van der Waals surface area contributed by atoms with Gasteiger partial charge in [-0.15, -0.1) is 0 Å². The number of hydrogen-bond acceptors (Lipinski definition) is 3. The van der Waals surface area contributed by atoms with E-state index < -0.39 is 11.7 Å². The van der Waals surface area contributed by atoms with E-state index in [-0.39, 0.29) is 5.78 Å². The third-order valence-electron chi connectivity index (χ3n) is 1.57. The molecule has 1 aliphatic rings. The monoisotopic (exact) mass is 281 g/mol. The van der Waals surface area contributed by atoms with Crippen LogP contribution in [0.4, 0.5) is 4.79 Å². The highest BCUT2D eigenvalue weighted by Gasteiger charge is 2.37. The molecule has 0 aromatic carbocycles. The summed E-state index contributed by atoms with van der Waals surface area (Å²) in [5, 5.41) is 4.73. The van der Waals surface area contributed by atoms with Gasteiger partial charge in [-0.1, -0.05) is 0 Å². The second-order valence-electron chi connectivity index (χ2n) is 2.45. The van der Waals surface area contributed by atoms with E-state index in [1.54, 1.807) is 0 Å². The molecule has 1 heterocycles. The van der Waals surface area contributed by atoms with Gasteiger partial charge in [0.25, 0.3) is 0 Å². The van der Waals surface area contributed by atoms with E-state index in [1.165, 1.54) is 13.1 Å². The van der Waals surface area contributed by atoms with E-state index in [0.717, 1.165) is 0 Å². The number of Topliss-reactive ketones (excluding diaryl/α,β-unsaturated/α-hetero) is 1. The van der Waals surface area contributed by atoms with Gasteiger partial charge in [0.2, 0.25) is 0 Å². The predicted molar refractivity (Wildman–Crippen MR) is 51.4 cm³/mol. The van der Waals surface area contributed by atoms with Crippen LogP contribution in [0.3, 0.4) is 0 Å². The minimum atomic E-state index is -1.34. The fourth-order valence-corrected chi connectivity index (χ4v) is 1.44. The zero-order chi connectivity index (χ0) is 9.35. The molecule has 66 valence electrons. The number of nitrogens with one attached hydrogen (secondary N) is 2. The molecular weight excluding hydrogens is 273 g/mol. The topological polar surface area (TPSA) is 84.2 Å². The maximum Gasteiger partial charge on any atom is 0.320 e. The Balaban J connectivity index is 3.03. The number of ketones is 1. The third-order valence-corrected chi connectivity index (χ3v) is 2.73. The molecule has 0 aromatic rings. The van der Waals surface area contributed by atoms with Crippen molar-refractivity contribution in [3.05, 3.63) is 9.78 Å². The third kappa shape index (κ3) is 1.44. The molecule has 0 saturated heterocycles. The van der Waals surface area contributed by atoms with Gasteiger partial charge in [-0.25, -0.2) is 4.79 Å². The van der Waals surface area contributed by atoms with Crippen LogP contribution < -0.4 is 16.4 Å². The van der Waals surface area contributed by atoms with Gasteiger partial charge in [0.15, 0.2) is 11.4 Å². The van der Waals surface area contributed by atoms with E-state index in [0.29, 0.717) is 3.58 Å². The molecule has 12 heavy (non-hydrogen) atoms. The van der Waals surface area contributed by atoms with Crippen LogP contribution >= 0.6 is 22.6 Å². The Hall–Kier alpha value is -0.630. The van der Waals surface area contributed by atoms with Crippen LogP contribution in [-0.2, 0) is 4.79 Å². The largest absolute Gasteiger partial charge is 0.320 e. The zero-order valence-electron chi connectivity index (χ0n) is 6.35. The van der Waals surface area contributed by atoms with Gasteiger partial charge in [-0.2, -0.15) is 0 Å². The summed E-state index contributed by atoms with van der Waals surface area (Å²) in [4.78, 5) is 21.9. The molecule has 1 rings (SSSR count). The number of hydrogen-bond donors (Lipinski definition) is 3. The summed E-state index contributed by atoms with van der Waals surface area (Å²) in [6, 6.07) is -0.465. The number of amides is 2. The summed E-state index contributed by atoms with van der Waals surface area (Å²) in [5.74, 6) is -0.294. The van der Waals surface area contributed by atoms with Gasteiger partial charge in [0.1, 0.15) is 0 Å². The Morgan fingerprint density at radius 2 is 2.33 bits per heavy atom. The number of carbonyl (C=O) groups excluding carboxylic acids is 2. The second-order valence-corrected chi connectivity index (χ2v) is 3.62. The molecule has 0 spiro atoms. The Kier molecular flexibility index (Phi) is 2.38. The van der Waals surface area contributed by atoms with E-state index in [1.807, 2.05) is 22.6 Å². The summed E-state index contributed by atoms with van der Waals surface area (Å²) in [7, 11) is 0. The molecule has 1 aliphatic heterocycles. The number of halogens is 1. The van der Waals surface area contributed by atoms with Crippen molar-refractivity contribution in [1.82, 2.24) is 10.6 Å². The molecule has 2 amide bonds. The maximum absolute atomic E-state index is 11.1. The molecule has 5 nitrogen and oxygen atoms in total. The van der Waals surface area contributed by atoms with E-state index in [2.05, 4.69) is 10.6 Å². The van der Waals surface area contributed by atoms with Crippen LogP contribution in [-0.4, -0.2) is 17.5 Å². The Morgan fingerprint density at radius 3 is 2.75 bits per heavy atom. The van der Waals surface area contributed by atoms with Crippen LogP contribution in [0.25, 0.3) is 0 Å². The fraction of sp³-hybridized carbons (Fsp3) is 0.333. The van der Waals surface area contributed by atoms with Gasteiger partial charge in [0.05, 0.1) is 3.58 Å². The fourth-order valence-electron chi connectivity index (χ4n) is 0.774. The first-order valence-corrected chi connectivity index (χ1v) is 4.29. The van der Waals surface area contributed by atoms with Crippen molar-refractivity contribution >= 4 is 34.4 Å². The van der Waals surface area contributed by atoms with Crippen molar-refractivity contribution in [1.29, 1.82) is 0 Å². The van der Waals surface area contributed by atoms with E-state index >= 15 is 0 Å². The number of carbonyl (C=O) groups is 2. The predicted octanol–water partition coefficient (Wildman–Crippen LogP) is -0.180. The van der Waals surface area contributed by atoms with Crippen molar-refractivity contribution in [2.75, 3.05) is 0 Å². The van der Waals surface area contributed by atoms with Crippen molar-refractivity contribution in [2.24, 2.45) is 5.73 Å². The first kappa shape index (κ1) is 9.46. The van der Waals surface area contributed by atoms with Gasteiger partial charge < -0.3 is 10.6 Å². The van der Waals surface area contributed by atoms with Crippen LogP contribution in [0.15, 0.2) is 9.78 Å². The van der Waals surface area contributed by atoms with E-state index in [9.17, 15) is 9.59 Å². The lowest BCUT2D eigenvalue weighted by Crippen LogP contribution is -2.65. The summed E-state index contributed by atoms with van der Waals surface area (Å²) in [6.07, 6.45) is 1.42. The Morgan fingerprint density at radius 1 is 1.75 bits per heavy atom. The SMILES string of the molecule is CC(=O)C1(N)NC(=O)NC=C1I. The minimum Gasteiger partial charge on any atom is -0.314 e. The molecule has 0 bridgehead atoms. The molecule has 0 saturated carbocycles. The van der Waals surface area contributed by atoms with Gasteiger partial charge in [-0.3, -0.25) is 10.5 Å². The van der Waals surface area contributed by atoms with Crippen molar-refractivity contribution in [3.8, 4) is 0 Å². The number of nitrogens with two attached hydrogens (primary N) is 1. The van der Waals surface area contributed by atoms with Gasteiger partial charge in [0, 0.05) is 6.20 Å².